The summed E-state index contributed by atoms with van der Waals surface area (Å²) < 4.78 is 5.17. The summed E-state index contributed by atoms with van der Waals surface area (Å²) in [5.41, 5.74) is -0.192. The van der Waals surface area contributed by atoms with Gasteiger partial charge in [-0.05, 0) is 25.2 Å². The maximum Gasteiger partial charge on any atom is 0.407 e. The van der Waals surface area contributed by atoms with Crippen LogP contribution < -0.4 is 5.32 Å². The van der Waals surface area contributed by atoms with Crippen LogP contribution in [0.1, 0.15) is 52.4 Å². The third-order valence-corrected chi connectivity index (χ3v) is 3.95. The normalized spacial score (nSPS) is 17.8. The monoisotopic (exact) mass is 297 g/mol. The van der Waals surface area contributed by atoms with Crippen LogP contribution in [-0.2, 0) is 9.53 Å². The summed E-state index contributed by atoms with van der Waals surface area (Å²) in [6.45, 7) is 7.85. The summed E-state index contributed by atoms with van der Waals surface area (Å²) >= 11 is 0. The lowest BCUT2D eigenvalue weighted by atomic mass is 9.84. The number of carboxylic acid groups (broad SMARTS) is 1. The number of carbonyl (C=O) groups excluding carboxylic acids is 1. The van der Waals surface area contributed by atoms with Crippen molar-refractivity contribution in [3.05, 3.63) is 12.7 Å². The molecule has 5 nitrogen and oxygen atoms in total. The second-order valence-corrected chi connectivity index (χ2v) is 6.59. The van der Waals surface area contributed by atoms with Gasteiger partial charge in [-0.1, -0.05) is 39.2 Å². The molecule has 0 aromatic heterocycles. The molecule has 1 unspecified atom stereocenters. The Labute approximate surface area is 126 Å². The van der Waals surface area contributed by atoms with Gasteiger partial charge in [-0.3, -0.25) is 0 Å². The molecule has 1 fully saturated rings. The number of aliphatic carboxylic acids is 1. The van der Waals surface area contributed by atoms with Gasteiger partial charge in [0.15, 0.2) is 0 Å². The van der Waals surface area contributed by atoms with Gasteiger partial charge < -0.3 is 15.2 Å². The molecule has 0 bridgehead atoms. The van der Waals surface area contributed by atoms with E-state index in [9.17, 15) is 14.7 Å². The van der Waals surface area contributed by atoms with E-state index >= 15 is 0 Å². The Hall–Kier alpha value is -1.52. The number of hydrogen-bond donors (Lipinski definition) is 2. The van der Waals surface area contributed by atoms with Crippen LogP contribution in [0.2, 0.25) is 0 Å². The number of carboxylic acids is 1. The highest BCUT2D eigenvalue weighted by molar-refractivity contribution is 5.80. The summed E-state index contributed by atoms with van der Waals surface area (Å²) in [7, 11) is 0. The van der Waals surface area contributed by atoms with Crippen molar-refractivity contribution < 1.29 is 19.4 Å². The minimum absolute atomic E-state index is 0.00462. The summed E-state index contributed by atoms with van der Waals surface area (Å²) in [5, 5.41) is 11.8. The van der Waals surface area contributed by atoms with Gasteiger partial charge in [-0.2, -0.15) is 0 Å². The lowest BCUT2D eigenvalue weighted by Gasteiger charge is -2.28. The van der Waals surface area contributed by atoms with E-state index in [0.29, 0.717) is 0 Å². The fourth-order valence-corrected chi connectivity index (χ4v) is 2.73. The van der Waals surface area contributed by atoms with Crippen LogP contribution in [0.5, 0.6) is 0 Å². The van der Waals surface area contributed by atoms with Crippen LogP contribution in [-0.4, -0.2) is 29.8 Å². The number of amides is 1. The average Bonchev–Trinajstić information content (AvgIpc) is 2.43. The zero-order chi connectivity index (χ0) is 15.9. The molecule has 1 atom stereocenters. The van der Waals surface area contributed by atoms with E-state index in [0.717, 1.165) is 38.5 Å². The minimum Gasteiger partial charge on any atom is -0.480 e. The van der Waals surface area contributed by atoms with Gasteiger partial charge in [-0.25, -0.2) is 9.59 Å². The predicted molar refractivity (Wildman–Crippen MR) is 81.1 cm³/mol. The summed E-state index contributed by atoms with van der Waals surface area (Å²) in [5.74, 6) is -0.978. The average molecular weight is 297 g/mol. The molecule has 2 N–H and O–H groups in total. The highest BCUT2D eigenvalue weighted by Crippen LogP contribution is 2.27. The van der Waals surface area contributed by atoms with Crippen molar-refractivity contribution in [2.45, 2.75) is 58.4 Å². The lowest BCUT2D eigenvalue weighted by molar-refractivity contribution is -0.141. The van der Waals surface area contributed by atoms with Crippen molar-refractivity contribution in [3.63, 3.8) is 0 Å². The predicted octanol–water partition coefficient (Wildman–Crippen LogP) is 3.35. The number of nitrogens with one attached hydrogen (secondary N) is 1. The third kappa shape index (κ3) is 6.19. The Morgan fingerprint density at radius 3 is 2.52 bits per heavy atom. The van der Waals surface area contributed by atoms with Gasteiger partial charge in [0.25, 0.3) is 0 Å². The maximum atomic E-state index is 11.8. The van der Waals surface area contributed by atoms with Crippen molar-refractivity contribution in [1.29, 1.82) is 0 Å². The number of allylic oxidation sites excluding steroid dienone is 1. The molecule has 0 heterocycles. The molecule has 0 aromatic carbocycles. The van der Waals surface area contributed by atoms with Crippen molar-refractivity contribution >= 4 is 12.1 Å². The molecule has 5 heteroatoms. The van der Waals surface area contributed by atoms with Crippen LogP contribution >= 0.6 is 0 Å². The second kappa shape index (κ2) is 8.05. The fourth-order valence-electron chi connectivity index (χ4n) is 2.73. The topological polar surface area (TPSA) is 75.6 Å². The van der Waals surface area contributed by atoms with E-state index in [2.05, 4.69) is 11.9 Å². The van der Waals surface area contributed by atoms with Crippen molar-refractivity contribution in [2.24, 2.45) is 11.3 Å². The molecule has 1 rings (SSSR count). The molecule has 1 aliphatic carbocycles. The van der Waals surface area contributed by atoms with E-state index < -0.39 is 18.1 Å². The third-order valence-electron chi connectivity index (χ3n) is 3.95. The first-order valence-corrected chi connectivity index (χ1v) is 7.63. The van der Waals surface area contributed by atoms with Gasteiger partial charge >= 0.3 is 12.1 Å². The van der Waals surface area contributed by atoms with Crippen molar-refractivity contribution in [2.75, 3.05) is 6.61 Å². The number of hydrogen-bond acceptors (Lipinski definition) is 3. The Kier molecular flexibility index (Phi) is 6.72. The number of carbonyl (C=O) groups is 2. The van der Waals surface area contributed by atoms with Gasteiger partial charge in [-0.15, -0.1) is 6.58 Å². The van der Waals surface area contributed by atoms with E-state index in [-0.39, 0.29) is 17.9 Å². The largest absolute Gasteiger partial charge is 0.480 e. The van der Waals surface area contributed by atoms with E-state index in [1.165, 1.54) is 0 Å². The number of alkyl carbamates (subject to hydrolysis) is 1. The first-order chi connectivity index (χ1) is 9.85. The van der Waals surface area contributed by atoms with Crippen LogP contribution in [0.3, 0.4) is 0 Å². The molecular weight excluding hydrogens is 270 g/mol. The molecule has 0 radical (unpaired) electrons. The molecule has 1 aliphatic rings. The molecule has 1 amide bonds. The Morgan fingerprint density at radius 2 is 2.00 bits per heavy atom. The van der Waals surface area contributed by atoms with Crippen molar-refractivity contribution in [3.8, 4) is 0 Å². The van der Waals surface area contributed by atoms with E-state index in [1.54, 1.807) is 6.08 Å². The quantitative estimate of drug-likeness (QED) is 0.707. The molecule has 0 spiro atoms. The molecule has 1 saturated carbocycles. The van der Waals surface area contributed by atoms with Gasteiger partial charge in [0.05, 0.1) is 6.61 Å². The summed E-state index contributed by atoms with van der Waals surface area (Å²) in [6.07, 6.45) is 6.75. The van der Waals surface area contributed by atoms with E-state index in [4.69, 9.17) is 4.74 Å². The molecule has 120 valence electrons. The zero-order valence-electron chi connectivity index (χ0n) is 13.1. The van der Waals surface area contributed by atoms with Crippen molar-refractivity contribution in [1.82, 2.24) is 5.32 Å². The summed E-state index contributed by atoms with van der Waals surface area (Å²) in [6, 6.07) is -0.847. The lowest BCUT2D eigenvalue weighted by Crippen LogP contribution is -2.47. The Bertz CT molecular complexity index is 372. The standard InChI is InChI=1S/C16H27NO4/c1-4-10-16(2,3)11-21-15(20)17-13(14(18)19)12-8-6-5-7-9-12/h4,12-13H,1,5-11H2,2-3H3,(H,17,20)(H,18,19). The van der Waals surface area contributed by atoms with Crippen LogP contribution in [0.4, 0.5) is 4.79 Å². The molecule has 0 aliphatic heterocycles. The number of rotatable bonds is 7. The van der Waals surface area contributed by atoms with Crippen LogP contribution in [0.25, 0.3) is 0 Å². The smallest absolute Gasteiger partial charge is 0.407 e. The SMILES string of the molecule is C=CCC(C)(C)COC(=O)NC(C(=O)O)C1CCCCC1. The molecule has 21 heavy (non-hydrogen) atoms. The fraction of sp³-hybridized carbons (Fsp3) is 0.750. The van der Waals surface area contributed by atoms with Gasteiger partial charge in [0.1, 0.15) is 6.04 Å². The van der Waals surface area contributed by atoms with Crippen LogP contribution in [0.15, 0.2) is 12.7 Å². The van der Waals surface area contributed by atoms with Crippen LogP contribution in [0, 0.1) is 11.3 Å². The highest BCUT2D eigenvalue weighted by atomic mass is 16.5. The second-order valence-electron chi connectivity index (χ2n) is 6.59. The molecular formula is C16H27NO4. The van der Waals surface area contributed by atoms with Gasteiger partial charge in [0, 0.05) is 5.41 Å². The zero-order valence-corrected chi connectivity index (χ0v) is 13.1. The Balaban J connectivity index is 2.49. The maximum absolute atomic E-state index is 11.8. The molecule has 0 saturated heterocycles. The van der Waals surface area contributed by atoms with E-state index in [1.807, 2.05) is 13.8 Å². The summed E-state index contributed by atoms with van der Waals surface area (Å²) in [4.78, 5) is 23.2. The first-order valence-electron chi connectivity index (χ1n) is 7.63. The highest BCUT2D eigenvalue weighted by Gasteiger charge is 2.31. The van der Waals surface area contributed by atoms with Gasteiger partial charge in [0.2, 0.25) is 0 Å². The number of ether oxygens (including phenoxy) is 1. The Morgan fingerprint density at radius 1 is 1.38 bits per heavy atom. The molecule has 0 aromatic rings. The first kappa shape index (κ1) is 17.5. The minimum atomic E-state index is -0.982.